The van der Waals surface area contributed by atoms with E-state index in [1.807, 2.05) is 0 Å². The fourth-order valence-electron chi connectivity index (χ4n) is 3.15. The van der Waals surface area contributed by atoms with Crippen LogP contribution in [0.25, 0.3) is 4.96 Å². The van der Waals surface area contributed by atoms with Gasteiger partial charge in [0.2, 0.25) is 5.88 Å². The van der Waals surface area contributed by atoms with E-state index in [2.05, 4.69) is 33.2 Å². The maximum Gasteiger partial charge on any atom is 0.237 e. The van der Waals surface area contributed by atoms with E-state index in [4.69, 9.17) is 4.74 Å². The maximum atomic E-state index is 5.40. The third kappa shape index (κ3) is 2.69. The van der Waals surface area contributed by atoms with Gasteiger partial charge < -0.3 is 10.1 Å². The Morgan fingerprint density at radius 3 is 2.90 bits per heavy atom. The van der Waals surface area contributed by atoms with Crippen LogP contribution in [0.2, 0.25) is 0 Å². The monoisotopic (exact) mass is 293 g/mol. The van der Waals surface area contributed by atoms with Gasteiger partial charge in [0.05, 0.1) is 7.11 Å². The molecule has 2 aromatic heterocycles. The van der Waals surface area contributed by atoms with Crippen LogP contribution < -0.4 is 10.1 Å². The molecule has 0 radical (unpaired) electrons. The second-order valence-electron chi connectivity index (χ2n) is 5.63. The Hall–Kier alpha value is -1.07. The molecular formula is C15H23N3OS. The number of fused-ring (bicyclic) bond motifs is 1. The quantitative estimate of drug-likeness (QED) is 0.917. The van der Waals surface area contributed by atoms with Gasteiger partial charge in [0, 0.05) is 24.2 Å². The first-order valence-electron chi connectivity index (χ1n) is 7.53. The van der Waals surface area contributed by atoms with E-state index in [1.165, 1.54) is 32.1 Å². The number of hydrogen-bond acceptors (Lipinski definition) is 4. The Morgan fingerprint density at radius 1 is 1.40 bits per heavy atom. The molecule has 3 rings (SSSR count). The summed E-state index contributed by atoms with van der Waals surface area (Å²) < 4.78 is 7.53. The predicted molar refractivity (Wildman–Crippen MR) is 82.5 cm³/mol. The lowest BCUT2D eigenvalue weighted by molar-refractivity contribution is 0.283. The molecule has 5 heteroatoms. The fourth-order valence-corrected chi connectivity index (χ4v) is 3.88. The van der Waals surface area contributed by atoms with Gasteiger partial charge in [0.15, 0.2) is 4.96 Å². The largest absolute Gasteiger partial charge is 0.480 e. The second-order valence-corrected chi connectivity index (χ2v) is 6.50. The summed E-state index contributed by atoms with van der Waals surface area (Å²) in [5.41, 5.74) is 1.14. The third-order valence-electron chi connectivity index (χ3n) is 4.50. The van der Waals surface area contributed by atoms with Crippen LogP contribution in [0.3, 0.4) is 0 Å². The molecule has 2 heterocycles. The van der Waals surface area contributed by atoms with E-state index in [9.17, 15) is 0 Å². The number of ether oxygens (including phenoxy) is 1. The smallest absolute Gasteiger partial charge is 0.237 e. The molecule has 1 fully saturated rings. The van der Waals surface area contributed by atoms with Crippen molar-refractivity contribution in [1.29, 1.82) is 0 Å². The van der Waals surface area contributed by atoms with Crippen molar-refractivity contribution in [3.63, 3.8) is 0 Å². The van der Waals surface area contributed by atoms with Crippen molar-refractivity contribution in [2.75, 3.05) is 7.11 Å². The molecule has 0 unspecified atom stereocenters. The Kier molecular flexibility index (Phi) is 4.27. The molecule has 1 N–H and O–H groups in total. The van der Waals surface area contributed by atoms with Crippen molar-refractivity contribution in [1.82, 2.24) is 14.7 Å². The van der Waals surface area contributed by atoms with E-state index < -0.39 is 0 Å². The first kappa shape index (κ1) is 13.9. The SMILES string of the molecule is CCC1CCC(NCc2c(OC)nc3sccn23)CC1. The van der Waals surface area contributed by atoms with Crippen LogP contribution in [0, 0.1) is 5.92 Å². The van der Waals surface area contributed by atoms with Gasteiger partial charge in [-0.25, -0.2) is 0 Å². The zero-order valence-corrected chi connectivity index (χ0v) is 13.1. The highest BCUT2D eigenvalue weighted by atomic mass is 32.1. The molecule has 1 aliphatic rings. The van der Waals surface area contributed by atoms with E-state index in [0.717, 1.165) is 29.0 Å². The molecule has 0 spiro atoms. The minimum atomic E-state index is 0.645. The highest BCUT2D eigenvalue weighted by molar-refractivity contribution is 7.15. The van der Waals surface area contributed by atoms with Crippen LogP contribution in [0.1, 0.15) is 44.7 Å². The minimum absolute atomic E-state index is 0.645. The normalized spacial score (nSPS) is 23.3. The highest BCUT2D eigenvalue weighted by Crippen LogP contribution is 2.27. The van der Waals surface area contributed by atoms with Gasteiger partial charge in [-0.1, -0.05) is 13.3 Å². The zero-order chi connectivity index (χ0) is 13.9. The number of imidazole rings is 1. The van der Waals surface area contributed by atoms with Gasteiger partial charge in [-0.2, -0.15) is 4.98 Å². The second kappa shape index (κ2) is 6.14. The van der Waals surface area contributed by atoms with Crippen molar-refractivity contribution in [3.8, 4) is 5.88 Å². The Balaban J connectivity index is 1.63. The molecule has 2 aromatic rings. The number of hydrogen-bond donors (Lipinski definition) is 1. The van der Waals surface area contributed by atoms with E-state index in [1.54, 1.807) is 18.4 Å². The lowest BCUT2D eigenvalue weighted by Crippen LogP contribution is -2.33. The van der Waals surface area contributed by atoms with Crippen molar-refractivity contribution in [2.24, 2.45) is 5.92 Å². The molecule has 0 aliphatic heterocycles. The number of aromatic nitrogens is 2. The Morgan fingerprint density at radius 2 is 2.20 bits per heavy atom. The maximum absolute atomic E-state index is 5.40. The Labute approximate surface area is 124 Å². The van der Waals surface area contributed by atoms with Crippen molar-refractivity contribution in [2.45, 2.75) is 51.6 Å². The topological polar surface area (TPSA) is 38.6 Å². The molecule has 4 nitrogen and oxygen atoms in total. The van der Waals surface area contributed by atoms with Crippen LogP contribution >= 0.6 is 11.3 Å². The van der Waals surface area contributed by atoms with E-state index in [-0.39, 0.29) is 0 Å². The number of nitrogens with one attached hydrogen (secondary N) is 1. The average Bonchev–Trinajstić information content (AvgIpc) is 3.06. The highest BCUT2D eigenvalue weighted by Gasteiger charge is 2.21. The molecule has 1 aliphatic carbocycles. The van der Waals surface area contributed by atoms with Gasteiger partial charge in [-0.05, 0) is 31.6 Å². The van der Waals surface area contributed by atoms with Gasteiger partial charge in [0.25, 0.3) is 0 Å². The third-order valence-corrected chi connectivity index (χ3v) is 5.26. The minimum Gasteiger partial charge on any atom is -0.480 e. The van der Waals surface area contributed by atoms with Crippen LogP contribution in [-0.2, 0) is 6.54 Å². The first-order chi connectivity index (χ1) is 9.81. The van der Waals surface area contributed by atoms with Gasteiger partial charge in [-0.3, -0.25) is 4.40 Å². The van der Waals surface area contributed by atoms with E-state index in [0.29, 0.717) is 6.04 Å². The summed E-state index contributed by atoms with van der Waals surface area (Å²) in [6, 6.07) is 0.645. The van der Waals surface area contributed by atoms with Gasteiger partial charge in [0.1, 0.15) is 5.69 Å². The molecule has 1 saturated carbocycles. The summed E-state index contributed by atoms with van der Waals surface area (Å²) >= 11 is 1.65. The molecule has 0 aromatic carbocycles. The van der Waals surface area contributed by atoms with Gasteiger partial charge in [-0.15, -0.1) is 11.3 Å². The lowest BCUT2D eigenvalue weighted by Gasteiger charge is -2.28. The molecule has 110 valence electrons. The summed E-state index contributed by atoms with van der Waals surface area (Å²) in [5.74, 6) is 1.70. The molecule has 0 saturated heterocycles. The van der Waals surface area contributed by atoms with Crippen LogP contribution in [0.15, 0.2) is 11.6 Å². The summed E-state index contributed by atoms with van der Waals surface area (Å²) in [7, 11) is 1.70. The molecule has 0 atom stereocenters. The fraction of sp³-hybridized carbons (Fsp3) is 0.667. The lowest BCUT2D eigenvalue weighted by atomic mass is 9.84. The number of methoxy groups -OCH3 is 1. The van der Waals surface area contributed by atoms with Crippen molar-refractivity contribution in [3.05, 3.63) is 17.3 Å². The van der Waals surface area contributed by atoms with E-state index >= 15 is 0 Å². The molecule has 20 heavy (non-hydrogen) atoms. The summed E-state index contributed by atoms with van der Waals surface area (Å²) in [4.78, 5) is 5.51. The predicted octanol–water partition coefficient (Wildman–Crippen LogP) is 3.46. The van der Waals surface area contributed by atoms with Crippen LogP contribution in [0.4, 0.5) is 0 Å². The summed E-state index contributed by atoms with van der Waals surface area (Å²) in [6.45, 7) is 3.14. The summed E-state index contributed by atoms with van der Waals surface area (Å²) in [5, 5.41) is 5.76. The average molecular weight is 293 g/mol. The van der Waals surface area contributed by atoms with Crippen LogP contribution in [-0.4, -0.2) is 22.5 Å². The Bertz CT molecular complexity index is 554. The number of nitrogens with zero attached hydrogens (tertiary/aromatic N) is 2. The zero-order valence-electron chi connectivity index (χ0n) is 12.3. The first-order valence-corrected chi connectivity index (χ1v) is 8.41. The summed E-state index contributed by atoms with van der Waals surface area (Å²) in [6.07, 6.45) is 8.73. The van der Waals surface area contributed by atoms with Crippen molar-refractivity contribution < 1.29 is 4.74 Å². The standard InChI is InChI=1S/C15H23N3OS/c1-3-11-4-6-12(7-5-11)16-10-13-14(19-2)17-15-18(13)8-9-20-15/h8-9,11-12,16H,3-7,10H2,1-2H3. The number of thiazole rings is 1. The molecule has 0 amide bonds. The van der Waals surface area contributed by atoms with Gasteiger partial charge >= 0.3 is 0 Å². The molecule has 0 bridgehead atoms. The van der Waals surface area contributed by atoms with Crippen LogP contribution in [0.5, 0.6) is 5.88 Å². The molecular weight excluding hydrogens is 270 g/mol. The number of rotatable bonds is 5. The van der Waals surface area contributed by atoms with Crippen molar-refractivity contribution >= 4 is 16.3 Å².